The second-order valence-corrected chi connectivity index (χ2v) is 12.4. The highest BCUT2D eigenvalue weighted by molar-refractivity contribution is 6.37. The molecule has 3 aromatic rings. The van der Waals surface area contributed by atoms with Crippen molar-refractivity contribution >= 4 is 35.0 Å². The second-order valence-electron chi connectivity index (χ2n) is 11.6. The molecule has 238 valence electrons. The lowest BCUT2D eigenvalue weighted by Gasteiger charge is -2.36. The third-order valence-corrected chi connectivity index (χ3v) is 8.79. The third-order valence-electron chi connectivity index (χ3n) is 8.23. The minimum Gasteiger partial charge on any atom is -0.490 e. The van der Waals surface area contributed by atoms with Crippen molar-refractivity contribution in [2.24, 2.45) is 5.92 Å². The van der Waals surface area contributed by atoms with Gasteiger partial charge in [-0.3, -0.25) is 9.59 Å². The van der Waals surface area contributed by atoms with Crippen LogP contribution >= 0.6 is 23.2 Å². The second kappa shape index (κ2) is 14.2. The highest BCUT2D eigenvalue weighted by atomic mass is 35.5. The number of hydrogen-bond acceptors (Lipinski definition) is 7. The van der Waals surface area contributed by atoms with Crippen molar-refractivity contribution in [1.82, 2.24) is 15.5 Å². The molecule has 2 fully saturated rings. The summed E-state index contributed by atoms with van der Waals surface area (Å²) in [6, 6.07) is 16.2. The molecule has 2 heterocycles. The number of nitrogens with one attached hydrogen (secondary N) is 2. The SMILES string of the molecule is Cc1cc(Cl)c(OCCOc2ccc(C(=O)N[C@H]3CCNCC3C(=O)N(Cc3cccc4c3OCCO4)C3CC3)cc2)c(Cl)c1. The molecule has 0 spiro atoms. The average Bonchev–Trinajstić information content (AvgIpc) is 3.89. The Morgan fingerprint density at radius 3 is 2.47 bits per heavy atom. The zero-order valence-corrected chi connectivity index (χ0v) is 26.7. The molecular formula is C34H37Cl2N3O6. The van der Waals surface area contributed by atoms with E-state index in [1.807, 2.05) is 30.0 Å². The molecule has 3 aromatic carbocycles. The van der Waals surface area contributed by atoms with Crippen LogP contribution in [0, 0.1) is 12.8 Å². The van der Waals surface area contributed by atoms with Crippen LogP contribution in [0.2, 0.25) is 10.0 Å². The van der Waals surface area contributed by atoms with E-state index in [0.717, 1.165) is 30.5 Å². The molecule has 1 saturated heterocycles. The maximum absolute atomic E-state index is 14.0. The number of ether oxygens (including phenoxy) is 4. The Balaban J connectivity index is 1.04. The molecule has 11 heteroatoms. The fourth-order valence-electron chi connectivity index (χ4n) is 5.80. The number of piperidine rings is 1. The van der Waals surface area contributed by atoms with E-state index >= 15 is 0 Å². The topological polar surface area (TPSA) is 98.4 Å². The molecule has 1 saturated carbocycles. The van der Waals surface area contributed by atoms with Gasteiger partial charge in [0.1, 0.15) is 32.2 Å². The Kier molecular flexibility index (Phi) is 9.88. The lowest BCUT2D eigenvalue weighted by Crippen LogP contribution is -2.55. The molecule has 0 aromatic heterocycles. The minimum absolute atomic E-state index is 0.0449. The van der Waals surface area contributed by atoms with Crippen molar-refractivity contribution in [2.45, 2.75) is 44.8 Å². The first-order valence-electron chi connectivity index (χ1n) is 15.4. The molecule has 1 aliphatic carbocycles. The number of carbonyl (C=O) groups excluding carboxylic acids is 2. The number of aryl methyl sites for hydroxylation is 1. The van der Waals surface area contributed by atoms with Crippen molar-refractivity contribution in [1.29, 1.82) is 0 Å². The maximum Gasteiger partial charge on any atom is 0.251 e. The summed E-state index contributed by atoms with van der Waals surface area (Å²) in [5.74, 6) is 1.91. The smallest absolute Gasteiger partial charge is 0.251 e. The van der Waals surface area contributed by atoms with Crippen LogP contribution in [0.4, 0.5) is 0 Å². The van der Waals surface area contributed by atoms with Crippen LogP contribution in [0.1, 0.15) is 40.7 Å². The number of rotatable bonds is 11. The first-order valence-corrected chi connectivity index (χ1v) is 16.1. The van der Waals surface area contributed by atoms with Crippen LogP contribution in [-0.2, 0) is 11.3 Å². The quantitative estimate of drug-likeness (QED) is 0.266. The van der Waals surface area contributed by atoms with Crippen molar-refractivity contribution < 1.29 is 28.5 Å². The minimum atomic E-state index is -0.377. The summed E-state index contributed by atoms with van der Waals surface area (Å²) in [5, 5.41) is 7.40. The third kappa shape index (κ3) is 7.60. The lowest BCUT2D eigenvalue weighted by atomic mass is 9.91. The van der Waals surface area contributed by atoms with Gasteiger partial charge in [-0.25, -0.2) is 0 Å². The molecule has 2 aliphatic heterocycles. The predicted octanol–water partition coefficient (Wildman–Crippen LogP) is 5.43. The highest BCUT2D eigenvalue weighted by Gasteiger charge is 2.40. The van der Waals surface area contributed by atoms with Gasteiger partial charge in [-0.05, 0) is 80.8 Å². The molecule has 2 amide bonds. The van der Waals surface area contributed by atoms with E-state index in [2.05, 4.69) is 10.6 Å². The monoisotopic (exact) mass is 653 g/mol. The molecule has 0 bridgehead atoms. The highest BCUT2D eigenvalue weighted by Crippen LogP contribution is 2.38. The summed E-state index contributed by atoms with van der Waals surface area (Å²) in [6.45, 7) is 5.12. The van der Waals surface area contributed by atoms with Crippen LogP contribution < -0.4 is 29.6 Å². The van der Waals surface area contributed by atoms with Gasteiger partial charge in [0.05, 0.1) is 16.0 Å². The van der Waals surface area contributed by atoms with Gasteiger partial charge in [-0.15, -0.1) is 0 Å². The van der Waals surface area contributed by atoms with E-state index in [1.165, 1.54) is 0 Å². The Bertz CT molecular complexity index is 1510. The number of benzene rings is 3. The van der Waals surface area contributed by atoms with Gasteiger partial charge in [0.2, 0.25) is 5.91 Å². The van der Waals surface area contributed by atoms with Crippen molar-refractivity contribution in [3.63, 3.8) is 0 Å². The van der Waals surface area contributed by atoms with Gasteiger partial charge in [-0.1, -0.05) is 35.3 Å². The average molecular weight is 655 g/mol. The van der Waals surface area contributed by atoms with Crippen molar-refractivity contribution in [3.8, 4) is 23.0 Å². The molecule has 2 atom stereocenters. The van der Waals surface area contributed by atoms with E-state index in [9.17, 15) is 9.59 Å². The van der Waals surface area contributed by atoms with E-state index in [4.69, 9.17) is 42.1 Å². The number of carbonyl (C=O) groups is 2. The molecule has 1 unspecified atom stereocenters. The van der Waals surface area contributed by atoms with Crippen LogP contribution in [0.15, 0.2) is 54.6 Å². The standard InChI is InChI=1S/C34H37Cl2N3O6/c1-21-17-27(35)32(28(36)18-21)45-15-13-42-25-9-5-22(6-10-25)33(40)38-29-11-12-37-19-26(29)34(41)39(24-7-8-24)20-23-3-2-4-30-31(23)44-16-14-43-30/h2-6,9-10,17-18,24,26,29,37H,7-8,11-16,19-20H2,1H3,(H,38,40)/t26?,29-/m0/s1. The zero-order chi connectivity index (χ0) is 31.3. The van der Waals surface area contributed by atoms with Crippen LogP contribution in [0.25, 0.3) is 0 Å². The molecule has 45 heavy (non-hydrogen) atoms. The van der Waals surface area contributed by atoms with Gasteiger partial charge >= 0.3 is 0 Å². The number of para-hydroxylation sites is 1. The van der Waals surface area contributed by atoms with Gasteiger partial charge in [0.25, 0.3) is 5.91 Å². The molecular weight excluding hydrogens is 617 g/mol. The summed E-state index contributed by atoms with van der Waals surface area (Å²) in [5.41, 5.74) is 2.38. The number of fused-ring (bicyclic) bond motifs is 1. The first kappa shape index (κ1) is 31.3. The number of hydrogen-bond donors (Lipinski definition) is 2. The van der Waals surface area contributed by atoms with Crippen LogP contribution in [-0.4, -0.2) is 68.3 Å². The summed E-state index contributed by atoms with van der Waals surface area (Å²) in [6.07, 6.45) is 2.61. The van der Waals surface area contributed by atoms with Crippen molar-refractivity contribution in [3.05, 3.63) is 81.3 Å². The summed E-state index contributed by atoms with van der Waals surface area (Å²) in [4.78, 5) is 29.3. The number of nitrogens with zero attached hydrogens (tertiary/aromatic N) is 1. The van der Waals surface area contributed by atoms with E-state index < -0.39 is 0 Å². The van der Waals surface area contributed by atoms with Gasteiger partial charge in [0.15, 0.2) is 17.2 Å². The fourth-order valence-corrected chi connectivity index (χ4v) is 6.51. The molecule has 9 nitrogen and oxygen atoms in total. The molecule has 6 rings (SSSR count). The maximum atomic E-state index is 14.0. The largest absolute Gasteiger partial charge is 0.490 e. The van der Waals surface area contributed by atoms with Gasteiger partial charge in [0, 0.05) is 36.3 Å². The Morgan fingerprint density at radius 2 is 1.71 bits per heavy atom. The molecule has 3 aliphatic rings. The number of halogens is 2. The Hall–Kier alpha value is -3.66. The van der Waals surface area contributed by atoms with Crippen LogP contribution in [0.5, 0.6) is 23.0 Å². The Morgan fingerprint density at radius 1 is 0.978 bits per heavy atom. The zero-order valence-electron chi connectivity index (χ0n) is 25.2. The summed E-state index contributed by atoms with van der Waals surface area (Å²) in [7, 11) is 0. The predicted molar refractivity (Wildman–Crippen MR) is 172 cm³/mol. The van der Waals surface area contributed by atoms with E-state index in [0.29, 0.717) is 71.3 Å². The normalized spacial score (nSPS) is 19.0. The van der Waals surface area contributed by atoms with Crippen molar-refractivity contribution in [2.75, 3.05) is 39.5 Å². The van der Waals surface area contributed by atoms with Gasteiger partial charge in [-0.2, -0.15) is 0 Å². The van der Waals surface area contributed by atoms with Gasteiger partial charge < -0.3 is 34.5 Å². The van der Waals surface area contributed by atoms with Crippen LogP contribution in [0.3, 0.4) is 0 Å². The first-order chi connectivity index (χ1) is 21.9. The molecule has 0 radical (unpaired) electrons. The molecule has 2 N–H and O–H groups in total. The van der Waals surface area contributed by atoms with E-state index in [1.54, 1.807) is 36.4 Å². The lowest BCUT2D eigenvalue weighted by molar-refractivity contribution is -0.138. The summed E-state index contributed by atoms with van der Waals surface area (Å²) >= 11 is 12.5. The summed E-state index contributed by atoms with van der Waals surface area (Å²) < 4.78 is 23.2. The van der Waals surface area contributed by atoms with E-state index in [-0.39, 0.29) is 43.0 Å². The fraction of sp³-hybridized carbons (Fsp3) is 0.412. The number of amides is 2. The Labute approximate surface area is 273 Å².